The molecule has 2 aliphatic rings. The summed E-state index contributed by atoms with van der Waals surface area (Å²) in [6.07, 6.45) is 6.84. The van der Waals surface area contributed by atoms with Gasteiger partial charge in [-0.2, -0.15) is 11.8 Å². The van der Waals surface area contributed by atoms with E-state index in [0.29, 0.717) is 17.4 Å². The first-order valence-corrected chi connectivity index (χ1v) is 9.47. The Balaban J connectivity index is 1.71. The van der Waals surface area contributed by atoms with Gasteiger partial charge in [-0.15, -0.1) is 0 Å². The van der Waals surface area contributed by atoms with Crippen molar-refractivity contribution in [2.75, 3.05) is 18.9 Å². The first-order valence-electron chi connectivity index (χ1n) is 8.43. The summed E-state index contributed by atoms with van der Waals surface area (Å²) in [5.74, 6) is 1.16. The molecular weight excluding hydrogens is 278 g/mol. The van der Waals surface area contributed by atoms with E-state index in [1.165, 1.54) is 37.7 Å². The van der Waals surface area contributed by atoms with Gasteiger partial charge in [-0.25, -0.2) is 0 Å². The van der Waals surface area contributed by atoms with Crippen LogP contribution in [-0.4, -0.2) is 30.3 Å². The Bertz CT molecular complexity index is 445. The number of aryl methyl sites for hydroxylation is 1. The van der Waals surface area contributed by atoms with Crippen LogP contribution in [-0.2, 0) is 11.2 Å². The average Bonchev–Trinajstić information content (AvgIpc) is 2.96. The molecule has 1 aliphatic carbocycles. The Morgan fingerprint density at radius 2 is 2.14 bits per heavy atom. The van der Waals surface area contributed by atoms with Crippen molar-refractivity contribution in [3.63, 3.8) is 0 Å². The van der Waals surface area contributed by atoms with E-state index in [4.69, 9.17) is 4.74 Å². The molecule has 3 atom stereocenters. The van der Waals surface area contributed by atoms with E-state index in [0.717, 1.165) is 18.9 Å². The highest BCUT2D eigenvalue weighted by atomic mass is 32.2. The second-order valence-electron chi connectivity index (χ2n) is 6.13. The summed E-state index contributed by atoms with van der Waals surface area (Å²) in [4.78, 5) is 0. The number of fused-ring (bicyclic) bond motifs is 1. The summed E-state index contributed by atoms with van der Waals surface area (Å²) in [7, 11) is 0. The number of hydrogen-bond donors (Lipinski definition) is 1. The van der Waals surface area contributed by atoms with Crippen molar-refractivity contribution >= 4 is 11.8 Å². The van der Waals surface area contributed by atoms with Gasteiger partial charge in [0, 0.05) is 23.7 Å². The second kappa shape index (κ2) is 7.66. The number of nitrogens with one attached hydrogen (secondary N) is 1. The zero-order chi connectivity index (χ0) is 14.5. The van der Waals surface area contributed by atoms with Crippen molar-refractivity contribution in [2.45, 2.75) is 56.4 Å². The van der Waals surface area contributed by atoms with Gasteiger partial charge in [0.05, 0.1) is 6.10 Å². The molecule has 0 amide bonds. The second-order valence-corrected chi connectivity index (χ2v) is 7.41. The smallest absolute Gasteiger partial charge is 0.0666 e. The Kier molecular flexibility index (Phi) is 5.61. The van der Waals surface area contributed by atoms with Gasteiger partial charge < -0.3 is 10.1 Å². The fourth-order valence-corrected chi connectivity index (χ4v) is 5.07. The summed E-state index contributed by atoms with van der Waals surface area (Å²) >= 11 is 2.13. The van der Waals surface area contributed by atoms with Crippen molar-refractivity contribution in [1.82, 2.24) is 5.32 Å². The Morgan fingerprint density at radius 3 is 2.95 bits per heavy atom. The molecule has 1 fully saturated rings. The monoisotopic (exact) mass is 305 g/mol. The van der Waals surface area contributed by atoms with Gasteiger partial charge in [0.1, 0.15) is 0 Å². The van der Waals surface area contributed by atoms with E-state index in [9.17, 15) is 0 Å². The minimum Gasteiger partial charge on any atom is -0.377 e. The SMILES string of the molecule is CCNC1c2ccccc2CCCC1SCC1CCCO1. The van der Waals surface area contributed by atoms with Gasteiger partial charge in [0.25, 0.3) is 0 Å². The zero-order valence-electron chi connectivity index (χ0n) is 13.0. The molecule has 3 rings (SSSR count). The molecular formula is C18H27NOS. The predicted octanol–water partition coefficient (Wildman–Crippen LogP) is 3.95. The number of hydrogen-bond acceptors (Lipinski definition) is 3. The predicted molar refractivity (Wildman–Crippen MR) is 91.0 cm³/mol. The third kappa shape index (κ3) is 3.82. The quantitative estimate of drug-likeness (QED) is 0.832. The topological polar surface area (TPSA) is 21.3 Å². The Hall–Kier alpha value is -0.510. The van der Waals surface area contributed by atoms with E-state index in [-0.39, 0.29) is 0 Å². The number of ether oxygens (including phenoxy) is 1. The van der Waals surface area contributed by atoms with E-state index in [1.807, 2.05) is 0 Å². The minimum absolute atomic E-state index is 0.496. The van der Waals surface area contributed by atoms with Crippen LogP contribution in [0.15, 0.2) is 24.3 Å². The molecule has 1 aromatic carbocycles. The summed E-state index contributed by atoms with van der Waals surface area (Å²) in [5, 5.41) is 4.42. The van der Waals surface area contributed by atoms with Crippen molar-refractivity contribution in [3.8, 4) is 0 Å². The van der Waals surface area contributed by atoms with Crippen LogP contribution in [0.2, 0.25) is 0 Å². The van der Waals surface area contributed by atoms with Gasteiger partial charge in [-0.3, -0.25) is 0 Å². The lowest BCUT2D eigenvalue weighted by molar-refractivity contribution is 0.128. The largest absolute Gasteiger partial charge is 0.377 e. The highest BCUT2D eigenvalue weighted by Gasteiger charge is 2.28. The highest BCUT2D eigenvalue weighted by molar-refractivity contribution is 8.00. The average molecular weight is 305 g/mol. The van der Waals surface area contributed by atoms with Crippen LogP contribution in [0.3, 0.4) is 0 Å². The van der Waals surface area contributed by atoms with Gasteiger partial charge in [0.15, 0.2) is 0 Å². The molecule has 1 aromatic rings. The molecule has 3 unspecified atom stereocenters. The van der Waals surface area contributed by atoms with Gasteiger partial charge in [-0.05, 0) is 49.8 Å². The zero-order valence-corrected chi connectivity index (χ0v) is 13.8. The van der Waals surface area contributed by atoms with Crippen LogP contribution < -0.4 is 5.32 Å². The van der Waals surface area contributed by atoms with Crippen LogP contribution in [0.1, 0.15) is 49.8 Å². The molecule has 2 nitrogen and oxygen atoms in total. The first-order chi connectivity index (χ1) is 10.4. The standard InChI is InChI=1S/C18H27NOS/c1-2-19-18-16-10-4-3-7-14(16)8-5-11-17(18)21-13-15-9-6-12-20-15/h3-4,7,10,15,17-19H,2,5-6,8-9,11-13H2,1H3. The summed E-state index contributed by atoms with van der Waals surface area (Å²) in [5.41, 5.74) is 3.07. The summed E-state index contributed by atoms with van der Waals surface area (Å²) in [6.45, 7) is 4.22. The normalized spacial score (nSPS) is 29.1. The molecule has 3 heteroatoms. The fourth-order valence-electron chi connectivity index (χ4n) is 3.57. The molecule has 0 saturated carbocycles. The lowest BCUT2D eigenvalue weighted by atomic mass is 9.99. The Morgan fingerprint density at radius 1 is 1.24 bits per heavy atom. The lowest BCUT2D eigenvalue weighted by Gasteiger charge is -2.28. The molecule has 0 aromatic heterocycles. The van der Waals surface area contributed by atoms with Crippen LogP contribution in [0.5, 0.6) is 0 Å². The molecule has 1 aliphatic heterocycles. The lowest BCUT2D eigenvalue weighted by Crippen LogP contribution is -2.30. The molecule has 1 saturated heterocycles. The number of thioether (sulfide) groups is 1. The summed E-state index contributed by atoms with van der Waals surface area (Å²) in [6, 6.07) is 9.51. The van der Waals surface area contributed by atoms with E-state index < -0.39 is 0 Å². The third-order valence-electron chi connectivity index (χ3n) is 4.64. The van der Waals surface area contributed by atoms with E-state index in [1.54, 1.807) is 5.56 Å². The molecule has 0 radical (unpaired) electrons. The Labute approximate surface area is 133 Å². The third-order valence-corrected chi connectivity index (χ3v) is 6.14. The maximum Gasteiger partial charge on any atom is 0.0666 e. The van der Waals surface area contributed by atoms with Crippen LogP contribution in [0.4, 0.5) is 0 Å². The van der Waals surface area contributed by atoms with Gasteiger partial charge >= 0.3 is 0 Å². The van der Waals surface area contributed by atoms with Crippen LogP contribution in [0, 0.1) is 0 Å². The van der Waals surface area contributed by atoms with Crippen LogP contribution in [0.25, 0.3) is 0 Å². The van der Waals surface area contributed by atoms with Crippen molar-refractivity contribution < 1.29 is 4.74 Å². The van der Waals surface area contributed by atoms with E-state index >= 15 is 0 Å². The molecule has 0 spiro atoms. The molecule has 1 heterocycles. The molecule has 0 bridgehead atoms. The first kappa shape index (κ1) is 15.4. The molecule has 116 valence electrons. The molecule has 1 N–H and O–H groups in total. The maximum atomic E-state index is 5.80. The molecule has 21 heavy (non-hydrogen) atoms. The van der Waals surface area contributed by atoms with Crippen molar-refractivity contribution in [3.05, 3.63) is 35.4 Å². The maximum absolute atomic E-state index is 5.80. The van der Waals surface area contributed by atoms with Crippen molar-refractivity contribution in [2.24, 2.45) is 0 Å². The van der Waals surface area contributed by atoms with E-state index in [2.05, 4.69) is 48.3 Å². The minimum atomic E-state index is 0.496. The number of benzene rings is 1. The van der Waals surface area contributed by atoms with Gasteiger partial charge in [-0.1, -0.05) is 31.2 Å². The van der Waals surface area contributed by atoms with Crippen molar-refractivity contribution in [1.29, 1.82) is 0 Å². The fraction of sp³-hybridized carbons (Fsp3) is 0.667. The highest BCUT2D eigenvalue weighted by Crippen LogP contribution is 2.36. The summed E-state index contributed by atoms with van der Waals surface area (Å²) < 4.78 is 5.80. The number of rotatable bonds is 5. The van der Waals surface area contributed by atoms with Crippen LogP contribution >= 0.6 is 11.8 Å². The van der Waals surface area contributed by atoms with Gasteiger partial charge in [0.2, 0.25) is 0 Å².